The van der Waals surface area contributed by atoms with Gasteiger partial charge in [-0.25, -0.2) is 4.79 Å². The van der Waals surface area contributed by atoms with Gasteiger partial charge in [0, 0.05) is 12.6 Å². The molecule has 1 atom stereocenters. The maximum atomic E-state index is 13.1. The van der Waals surface area contributed by atoms with E-state index in [0.29, 0.717) is 5.56 Å². The Morgan fingerprint density at radius 2 is 1.67 bits per heavy atom. The van der Waals surface area contributed by atoms with Crippen LogP contribution in [0.5, 0.6) is 0 Å². The predicted molar refractivity (Wildman–Crippen MR) is 92.5 cm³/mol. The Morgan fingerprint density at radius 3 is 2.29 bits per heavy atom. The van der Waals surface area contributed by atoms with E-state index in [2.05, 4.69) is 0 Å². The Labute approximate surface area is 142 Å². The molecule has 1 fully saturated rings. The third-order valence-corrected chi connectivity index (χ3v) is 4.49. The van der Waals surface area contributed by atoms with Crippen LogP contribution in [-0.2, 0) is 9.53 Å². The summed E-state index contributed by atoms with van der Waals surface area (Å²) in [6, 6.07) is 16.8. The fraction of sp³-hybridized carbons (Fsp3) is 0.300. The number of hydrogen-bond donors (Lipinski definition) is 0. The minimum Gasteiger partial charge on any atom is -0.467 e. The summed E-state index contributed by atoms with van der Waals surface area (Å²) >= 11 is 0. The lowest BCUT2D eigenvalue weighted by Crippen LogP contribution is -2.44. The largest absolute Gasteiger partial charge is 0.467 e. The summed E-state index contributed by atoms with van der Waals surface area (Å²) in [5, 5.41) is 0. The van der Waals surface area contributed by atoms with E-state index in [1.54, 1.807) is 7.05 Å². The van der Waals surface area contributed by atoms with Crippen LogP contribution in [0.25, 0.3) is 11.1 Å². The van der Waals surface area contributed by atoms with Gasteiger partial charge in [-0.05, 0) is 36.0 Å². The second-order valence-corrected chi connectivity index (χ2v) is 6.13. The third-order valence-electron chi connectivity index (χ3n) is 4.49. The number of esters is 1. The minimum absolute atomic E-state index is 0.156. The molecular formula is C20H21NO3. The Kier molecular flexibility index (Phi) is 4.65. The Hall–Kier alpha value is -2.62. The summed E-state index contributed by atoms with van der Waals surface area (Å²) in [6.45, 7) is 0. The average molecular weight is 323 g/mol. The van der Waals surface area contributed by atoms with Crippen molar-refractivity contribution in [1.82, 2.24) is 4.90 Å². The van der Waals surface area contributed by atoms with Crippen LogP contribution in [0.15, 0.2) is 54.6 Å². The SMILES string of the molecule is COC(=O)C(C1CC1)N(C)C(=O)c1ccccc1-c1ccccc1. The highest BCUT2D eigenvalue weighted by Crippen LogP contribution is 2.36. The number of carbonyl (C=O) groups excluding carboxylic acids is 2. The smallest absolute Gasteiger partial charge is 0.328 e. The van der Waals surface area contributed by atoms with Gasteiger partial charge in [0.1, 0.15) is 6.04 Å². The van der Waals surface area contributed by atoms with Crippen LogP contribution in [0.2, 0.25) is 0 Å². The zero-order chi connectivity index (χ0) is 17.1. The van der Waals surface area contributed by atoms with Crippen LogP contribution < -0.4 is 0 Å². The number of ether oxygens (including phenoxy) is 1. The van der Waals surface area contributed by atoms with E-state index in [4.69, 9.17) is 4.74 Å². The van der Waals surface area contributed by atoms with Gasteiger partial charge in [-0.3, -0.25) is 4.79 Å². The van der Waals surface area contributed by atoms with E-state index >= 15 is 0 Å². The number of methoxy groups -OCH3 is 1. The van der Waals surface area contributed by atoms with E-state index in [-0.39, 0.29) is 17.8 Å². The second-order valence-electron chi connectivity index (χ2n) is 6.13. The van der Waals surface area contributed by atoms with Gasteiger partial charge in [-0.1, -0.05) is 48.5 Å². The maximum Gasteiger partial charge on any atom is 0.328 e. The topological polar surface area (TPSA) is 46.6 Å². The molecule has 0 spiro atoms. The molecule has 3 rings (SSSR count). The number of hydrogen-bond acceptors (Lipinski definition) is 3. The van der Waals surface area contributed by atoms with Crippen molar-refractivity contribution in [1.29, 1.82) is 0 Å². The van der Waals surface area contributed by atoms with Crippen LogP contribution in [0.3, 0.4) is 0 Å². The zero-order valence-electron chi connectivity index (χ0n) is 13.9. The molecule has 0 bridgehead atoms. The van der Waals surface area contributed by atoms with Gasteiger partial charge in [-0.15, -0.1) is 0 Å². The molecule has 1 amide bonds. The summed E-state index contributed by atoms with van der Waals surface area (Å²) < 4.78 is 4.90. The van der Waals surface area contributed by atoms with E-state index in [1.165, 1.54) is 12.0 Å². The monoisotopic (exact) mass is 323 g/mol. The lowest BCUT2D eigenvalue weighted by molar-refractivity contribution is -0.146. The van der Waals surface area contributed by atoms with Crippen LogP contribution >= 0.6 is 0 Å². The molecule has 2 aromatic carbocycles. The van der Waals surface area contributed by atoms with Crippen molar-refractivity contribution in [3.63, 3.8) is 0 Å². The number of rotatable bonds is 5. The van der Waals surface area contributed by atoms with Crippen molar-refractivity contribution < 1.29 is 14.3 Å². The number of benzene rings is 2. The summed E-state index contributed by atoms with van der Waals surface area (Å²) in [5.41, 5.74) is 2.45. The van der Waals surface area contributed by atoms with Gasteiger partial charge in [0.05, 0.1) is 7.11 Å². The molecule has 4 nitrogen and oxygen atoms in total. The second kappa shape index (κ2) is 6.87. The highest BCUT2D eigenvalue weighted by atomic mass is 16.5. The first-order valence-corrected chi connectivity index (χ1v) is 8.13. The van der Waals surface area contributed by atoms with Crippen LogP contribution in [-0.4, -0.2) is 37.0 Å². The highest BCUT2D eigenvalue weighted by Gasteiger charge is 2.41. The fourth-order valence-corrected chi connectivity index (χ4v) is 3.05. The van der Waals surface area contributed by atoms with E-state index in [9.17, 15) is 9.59 Å². The van der Waals surface area contributed by atoms with Crippen molar-refractivity contribution in [2.24, 2.45) is 5.92 Å². The van der Waals surface area contributed by atoms with Gasteiger partial charge in [-0.2, -0.15) is 0 Å². The molecule has 124 valence electrons. The molecule has 0 heterocycles. The lowest BCUT2D eigenvalue weighted by atomic mass is 9.98. The summed E-state index contributed by atoms with van der Waals surface area (Å²) in [5.74, 6) is -0.294. The van der Waals surface area contributed by atoms with Gasteiger partial charge in [0.15, 0.2) is 0 Å². The van der Waals surface area contributed by atoms with Crippen molar-refractivity contribution in [2.45, 2.75) is 18.9 Å². The number of nitrogens with zero attached hydrogens (tertiary/aromatic N) is 1. The molecule has 0 aliphatic heterocycles. The molecular weight excluding hydrogens is 302 g/mol. The van der Waals surface area contributed by atoms with Gasteiger partial charge >= 0.3 is 5.97 Å². The van der Waals surface area contributed by atoms with Crippen molar-refractivity contribution in [3.8, 4) is 11.1 Å². The predicted octanol–water partition coefficient (Wildman–Crippen LogP) is 3.38. The fourth-order valence-electron chi connectivity index (χ4n) is 3.05. The Bertz CT molecular complexity index is 738. The van der Waals surface area contributed by atoms with Gasteiger partial charge in [0.25, 0.3) is 5.91 Å². The summed E-state index contributed by atoms with van der Waals surface area (Å²) in [6.07, 6.45) is 1.91. The normalized spacial score (nSPS) is 14.8. The van der Waals surface area contributed by atoms with Gasteiger partial charge in [0.2, 0.25) is 0 Å². The Balaban J connectivity index is 1.94. The number of amides is 1. The summed E-state index contributed by atoms with van der Waals surface area (Å²) in [7, 11) is 3.05. The summed E-state index contributed by atoms with van der Waals surface area (Å²) in [4.78, 5) is 26.7. The average Bonchev–Trinajstić information content (AvgIpc) is 3.46. The molecule has 1 aliphatic rings. The van der Waals surface area contributed by atoms with E-state index in [0.717, 1.165) is 24.0 Å². The number of carbonyl (C=O) groups is 2. The molecule has 2 aromatic rings. The minimum atomic E-state index is -0.508. The molecule has 0 N–H and O–H groups in total. The molecule has 1 saturated carbocycles. The van der Waals surface area contributed by atoms with Crippen LogP contribution in [0.4, 0.5) is 0 Å². The first kappa shape index (κ1) is 16.2. The molecule has 24 heavy (non-hydrogen) atoms. The highest BCUT2D eigenvalue weighted by molar-refractivity contribution is 6.02. The van der Waals surface area contributed by atoms with E-state index in [1.807, 2.05) is 54.6 Å². The van der Waals surface area contributed by atoms with Crippen LogP contribution in [0.1, 0.15) is 23.2 Å². The first-order chi connectivity index (χ1) is 11.6. The Morgan fingerprint density at radius 1 is 1.04 bits per heavy atom. The molecule has 0 radical (unpaired) electrons. The first-order valence-electron chi connectivity index (χ1n) is 8.13. The zero-order valence-corrected chi connectivity index (χ0v) is 13.9. The van der Waals surface area contributed by atoms with Crippen molar-refractivity contribution in [3.05, 3.63) is 60.2 Å². The lowest BCUT2D eigenvalue weighted by Gasteiger charge is -2.27. The molecule has 1 unspecified atom stereocenters. The molecule has 1 aliphatic carbocycles. The molecule has 4 heteroatoms. The van der Waals surface area contributed by atoms with Gasteiger partial charge < -0.3 is 9.64 Å². The third kappa shape index (κ3) is 3.18. The standard InChI is InChI=1S/C20H21NO3/c1-21(18(15-12-13-15)20(23)24-2)19(22)17-11-7-6-10-16(17)14-8-4-3-5-9-14/h3-11,15,18H,12-13H2,1-2H3. The number of likely N-dealkylation sites (N-methyl/N-ethyl adjacent to an activating group) is 1. The molecule has 0 aromatic heterocycles. The van der Waals surface area contributed by atoms with Crippen molar-refractivity contribution in [2.75, 3.05) is 14.2 Å². The quantitative estimate of drug-likeness (QED) is 0.793. The maximum absolute atomic E-state index is 13.1. The van der Waals surface area contributed by atoms with Crippen LogP contribution in [0, 0.1) is 5.92 Å². The van der Waals surface area contributed by atoms with E-state index < -0.39 is 6.04 Å². The molecule has 0 saturated heterocycles. The van der Waals surface area contributed by atoms with Crippen molar-refractivity contribution >= 4 is 11.9 Å².